The summed E-state index contributed by atoms with van der Waals surface area (Å²) in [5.74, 6) is -2.01. The van der Waals surface area contributed by atoms with Crippen LogP contribution in [-0.2, 0) is 23.6 Å². The summed E-state index contributed by atoms with van der Waals surface area (Å²) in [6.45, 7) is -0.185. The summed E-state index contributed by atoms with van der Waals surface area (Å²) in [6, 6.07) is 1.59. The minimum Gasteiger partial charge on any atom is -0.394 e. The second-order valence-electron chi connectivity index (χ2n) is 3.96. The maximum atomic E-state index is 13.7. The number of nitrogen functional groups attached to an aromatic ring is 1. The molecule has 0 aliphatic rings. The van der Waals surface area contributed by atoms with E-state index in [1.165, 1.54) is 10.9 Å². The molecule has 20 heavy (non-hydrogen) atoms. The van der Waals surface area contributed by atoms with Gasteiger partial charge < -0.3 is 10.3 Å². The highest BCUT2D eigenvalue weighted by atomic mass is 32.2. The van der Waals surface area contributed by atoms with E-state index in [1.807, 2.05) is 0 Å². The van der Waals surface area contributed by atoms with E-state index in [0.717, 1.165) is 12.1 Å². The van der Waals surface area contributed by atoms with E-state index < -0.39 is 32.2 Å². The van der Waals surface area contributed by atoms with Gasteiger partial charge >= 0.3 is 0 Å². The molecule has 0 atom stereocenters. The van der Waals surface area contributed by atoms with Crippen LogP contribution in [0.2, 0.25) is 0 Å². The van der Waals surface area contributed by atoms with E-state index in [2.05, 4.69) is 14.9 Å². The molecule has 0 aliphatic heterocycles. The van der Waals surface area contributed by atoms with Crippen LogP contribution < -0.4 is 10.5 Å². The van der Waals surface area contributed by atoms with Crippen molar-refractivity contribution in [3.63, 3.8) is 0 Å². The summed E-state index contributed by atoms with van der Waals surface area (Å²) in [5, 5.41) is 7.25. The molecule has 3 N–H and O–H groups in total. The van der Waals surface area contributed by atoms with Gasteiger partial charge in [0.15, 0.2) is 5.82 Å². The molecule has 0 bridgehead atoms. The lowest BCUT2D eigenvalue weighted by molar-refractivity contribution is 0.546. The first-order valence-corrected chi connectivity index (χ1v) is 6.87. The first-order chi connectivity index (χ1) is 9.33. The Kier molecular flexibility index (Phi) is 3.68. The van der Waals surface area contributed by atoms with Crippen LogP contribution in [0.25, 0.3) is 0 Å². The van der Waals surface area contributed by atoms with Crippen molar-refractivity contribution in [1.82, 2.24) is 19.5 Å². The van der Waals surface area contributed by atoms with Gasteiger partial charge in [0, 0.05) is 7.05 Å². The van der Waals surface area contributed by atoms with Gasteiger partial charge in [0.1, 0.15) is 28.6 Å². The molecule has 0 amide bonds. The van der Waals surface area contributed by atoms with Gasteiger partial charge in [-0.3, -0.25) is 0 Å². The Bertz CT molecular complexity index is 744. The highest BCUT2D eigenvalue weighted by molar-refractivity contribution is 7.89. The molecule has 1 aromatic heterocycles. The number of hydrogen-bond acceptors (Lipinski definition) is 5. The van der Waals surface area contributed by atoms with Gasteiger partial charge in [-0.25, -0.2) is 21.9 Å². The Balaban J connectivity index is 2.27. The zero-order chi connectivity index (χ0) is 14.9. The topological polar surface area (TPSA) is 103 Å². The number of nitrogens with zero attached hydrogens (tertiary/aromatic N) is 3. The number of aromatic nitrogens is 3. The number of hydrogen-bond donors (Lipinski definition) is 2. The van der Waals surface area contributed by atoms with Crippen molar-refractivity contribution in [1.29, 1.82) is 0 Å². The van der Waals surface area contributed by atoms with Crippen molar-refractivity contribution >= 4 is 15.7 Å². The Morgan fingerprint density at radius 3 is 2.70 bits per heavy atom. The van der Waals surface area contributed by atoms with Crippen LogP contribution in [0.15, 0.2) is 23.4 Å². The van der Waals surface area contributed by atoms with Crippen molar-refractivity contribution in [3.8, 4) is 0 Å². The van der Waals surface area contributed by atoms with Crippen LogP contribution in [0.4, 0.5) is 14.5 Å². The SMILES string of the molecule is Cn1cnnc1CNS(=O)(=O)c1ccc(F)c(N)c1F. The zero-order valence-electron chi connectivity index (χ0n) is 10.3. The maximum absolute atomic E-state index is 13.7. The fourth-order valence-corrected chi connectivity index (χ4v) is 2.53. The molecule has 7 nitrogen and oxygen atoms in total. The molecule has 0 unspecified atom stereocenters. The zero-order valence-corrected chi connectivity index (χ0v) is 11.2. The molecule has 108 valence electrons. The minimum absolute atomic E-state index is 0.185. The van der Waals surface area contributed by atoms with E-state index in [0.29, 0.717) is 5.82 Å². The molecular formula is C10H11F2N5O2S. The molecule has 0 saturated carbocycles. The van der Waals surface area contributed by atoms with Gasteiger partial charge in [-0.2, -0.15) is 0 Å². The minimum atomic E-state index is -4.18. The summed E-state index contributed by atoms with van der Waals surface area (Å²) >= 11 is 0. The van der Waals surface area contributed by atoms with E-state index in [9.17, 15) is 17.2 Å². The molecule has 1 heterocycles. The maximum Gasteiger partial charge on any atom is 0.243 e. The number of nitrogens with two attached hydrogens (primary N) is 1. The molecular weight excluding hydrogens is 292 g/mol. The smallest absolute Gasteiger partial charge is 0.243 e. The Labute approximate surface area is 113 Å². The summed E-state index contributed by atoms with van der Waals surface area (Å²) in [6.07, 6.45) is 1.39. The van der Waals surface area contributed by atoms with Crippen molar-refractivity contribution in [3.05, 3.63) is 35.9 Å². The summed E-state index contributed by atoms with van der Waals surface area (Å²) in [7, 11) is -2.55. The van der Waals surface area contributed by atoms with E-state index >= 15 is 0 Å². The van der Waals surface area contributed by atoms with Crippen LogP contribution in [0.5, 0.6) is 0 Å². The fraction of sp³-hybridized carbons (Fsp3) is 0.200. The number of aryl methyl sites for hydroxylation is 1. The van der Waals surface area contributed by atoms with Crippen molar-refractivity contribution in [2.45, 2.75) is 11.4 Å². The number of benzene rings is 1. The lowest BCUT2D eigenvalue weighted by Gasteiger charge is -2.09. The number of rotatable bonds is 4. The molecule has 2 aromatic rings. The highest BCUT2D eigenvalue weighted by Crippen LogP contribution is 2.22. The number of halogens is 2. The fourth-order valence-electron chi connectivity index (χ4n) is 1.46. The molecule has 0 fully saturated rings. The highest BCUT2D eigenvalue weighted by Gasteiger charge is 2.22. The molecule has 0 radical (unpaired) electrons. The normalized spacial score (nSPS) is 11.8. The van der Waals surface area contributed by atoms with Gasteiger partial charge in [0.05, 0.1) is 6.54 Å². The average Bonchev–Trinajstić information content (AvgIpc) is 2.79. The van der Waals surface area contributed by atoms with Crippen molar-refractivity contribution in [2.75, 3.05) is 5.73 Å². The average molecular weight is 303 g/mol. The van der Waals surface area contributed by atoms with Gasteiger partial charge in [0.2, 0.25) is 10.0 Å². The number of sulfonamides is 1. The standard InChI is InChI=1S/C10H11F2N5O2S/c1-17-5-14-16-8(17)4-15-20(18,19)7-3-2-6(11)10(13)9(7)12/h2-3,5,15H,4,13H2,1H3. The first-order valence-electron chi connectivity index (χ1n) is 5.39. The molecule has 10 heteroatoms. The third kappa shape index (κ3) is 2.60. The van der Waals surface area contributed by atoms with E-state index in [1.54, 1.807) is 7.05 Å². The van der Waals surface area contributed by atoms with Crippen LogP contribution in [0.3, 0.4) is 0 Å². The Hall–Kier alpha value is -2.07. The molecule has 0 aliphatic carbocycles. The monoisotopic (exact) mass is 303 g/mol. The lowest BCUT2D eigenvalue weighted by atomic mass is 10.3. The number of nitrogens with one attached hydrogen (secondary N) is 1. The third-order valence-corrected chi connectivity index (χ3v) is 4.02. The largest absolute Gasteiger partial charge is 0.394 e. The molecule has 1 aromatic carbocycles. The summed E-state index contributed by atoms with van der Waals surface area (Å²) in [4.78, 5) is -0.724. The molecule has 0 saturated heterocycles. The van der Waals surface area contributed by atoms with Gasteiger partial charge in [-0.15, -0.1) is 10.2 Å². The van der Waals surface area contributed by atoms with E-state index in [-0.39, 0.29) is 6.54 Å². The van der Waals surface area contributed by atoms with Crippen molar-refractivity contribution in [2.24, 2.45) is 7.05 Å². The van der Waals surface area contributed by atoms with Crippen molar-refractivity contribution < 1.29 is 17.2 Å². The second kappa shape index (κ2) is 5.13. The Morgan fingerprint density at radius 2 is 2.10 bits per heavy atom. The van der Waals surface area contributed by atoms with Gasteiger partial charge in [0.25, 0.3) is 0 Å². The van der Waals surface area contributed by atoms with E-state index in [4.69, 9.17) is 5.73 Å². The quantitative estimate of drug-likeness (QED) is 0.783. The summed E-state index contributed by atoms with van der Waals surface area (Å²) < 4.78 is 54.2. The number of anilines is 1. The van der Waals surface area contributed by atoms with Crippen LogP contribution in [0.1, 0.15) is 5.82 Å². The molecule has 0 spiro atoms. The second-order valence-corrected chi connectivity index (χ2v) is 5.69. The third-order valence-electron chi connectivity index (χ3n) is 2.61. The molecule has 2 rings (SSSR count). The van der Waals surface area contributed by atoms with Crippen LogP contribution in [0, 0.1) is 11.6 Å². The van der Waals surface area contributed by atoms with Crippen LogP contribution in [-0.4, -0.2) is 23.2 Å². The van der Waals surface area contributed by atoms with Crippen LogP contribution >= 0.6 is 0 Å². The predicted molar refractivity (Wildman–Crippen MR) is 65.8 cm³/mol. The first kappa shape index (κ1) is 14.3. The lowest BCUT2D eigenvalue weighted by Crippen LogP contribution is -2.26. The Morgan fingerprint density at radius 1 is 1.40 bits per heavy atom. The van der Waals surface area contributed by atoms with Gasteiger partial charge in [-0.1, -0.05) is 0 Å². The van der Waals surface area contributed by atoms with Gasteiger partial charge in [-0.05, 0) is 12.1 Å². The predicted octanol–water partition coefficient (Wildman–Crippen LogP) is 0.154. The summed E-state index contributed by atoms with van der Waals surface area (Å²) in [5.41, 5.74) is 4.28.